The largest absolute Gasteiger partial charge is 0.392 e. The first-order valence-electron chi connectivity index (χ1n) is 17.9. The monoisotopic (exact) mass is 682 g/mol. The minimum absolute atomic E-state index is 0.00319. The first kappa shape index (κ1) is 30.8. The van der Waals surface area contributed by atoms with Gasteiger partial charge in [-0.15, -0.1) is 0 Å². The average Bonchev–Trinajstić information content (AvgIpc) is 3.75. The number of benzene rings is 7. The minimum Gasteiger partial charge on any atom is -0.392 e. The maximum absolute atomic E-state index is 9.90. The first-order valence-corrected chi connectivity index (χ1v) is 17.9. The molecule has 0 atom stereocenters. The standard InChI is InChI=1S/C48H34N4O/c53-32-33-16-20-36(21-17-33)50(37-24-26-39(27-25-37)51-43-11-4-1-8-40(43)41-9-2-5-12-44(41)51)46-14-7-15-47-48(46)42-10-3-6-13-45(42)52(47)38-22-18-34(19-23-38)35-28-30-49-31-29-35/h1-31,53H,32H2. The predicted octanol–water partition coefficient (Wildman–Crippen LogP) is 11.9. The highest BCUT2D eigenvalue weighted by atomic mass is 16.3. The smallest absolute Gasteiger partial charge is 0.0681 e. The number of hydrogen-bond donors (Lipinski definition) is 1. The Morgan fingerprint density at radius 2 is 0.906 bits per heavy atom. The zero-order chi connectivity index (χ0) is 35.3. The summed E-state index contributed by atoms with van der Waals surface area (Å²) in [5.74, 6) is 0. The van der Waals surface area contributed by atoms with Gasteiger partial charge in [-0.05, 0) is 108 Å². The number of fused-ring (bicyclic) bond motifs is 6. The summed E-state index contributed by atoms with van der Waals surface area (Å²) in [5.41, 5.74) is 13.1. The summed E-state index contributed by atoms with van der Waals surface area (Å²) < 4.78 is 4.71. The summed E-state index contributed by atoms with van der Waals surface area (Å²) in [5, 5.41) is 14.7. The molecule has 5 nitrogen and oxygen atoms in total. The van der Waals surface area contributed by atoms with Crippen LogP contribution < -0.4 is 4.90 Å². The van der Waals surface area contributed by atoms with Crippen molar-refractivity contribution in [2.45, 2.75) is 6.61 Å². The molecule has 10 rings (SSSR count). The Labute approximate surface area is 306 Å². The summed E-state index contributed by atoms with van der Waals surface area (Å²) in [7, 11) is 0. The van der Waals surface area contributed by atoms with Gasteiger partial charge in [0.25, 0.3) is 0 Å². The lowest BCUT2D eigenvalue weighted by molar-refractivity contribution is 0.282. The number of nitrogens with zero attached hydrogens (tertiary/aromatic N) is 4. The van der Waals surface area contributed by atoms with E-state index in [0.29, 0.717) is 0 Å². The second-order valence-electron chi connectivity index (χ2n) is 13.4. The van der Waals surface area contributed by atoms with Gasteiger partial charge in [0.15, 0.2) is 0 Å². The van der Waals surface area contributed by atoms with E-state index >= 15 is 0 Å². The minimum atomic E-state index is -0.00319. The number of para-hydroxylation sites is 3. The van der Waals surface area contributed by atoms with Crippen molar-refractivity contribution >= 4 is 60.7 Å². The van der Waals surface area contributed by atoms with Gasteiger partial charge >= 0.3 is 0 Å². The molecule has 5 heteroatoms. The molecule has 3 heterocycles. The van der Waals surface area contributed by atoms with Crippen LogP contribution in [0.1, 0.15) is 5.56 Å². The zero-order valence-corrected chi connectivity index (χ0v) is 28.8. The summed E-state index contributed by atoms with van der Waals surface area (Å²) in [6.07, 6.45) is 3.66. The van der Waals surface area contributed by atoms with Gasteiger partial charge in [-0.3, -0.25) is 4.98 Å². The fraction of sp³-hybridized carbons (Fsp3) is 0.0208. The van der Waals surface area contributed by atoms with Gasteiger partial charge in [0.2, 0.25) is 0 Å². The van der Waals surface area contributed by atoms with Crippen LogP contribution in [0.15, 0.2) is 188 Å². The Morgan fingerprint density at radius 3 is 1.51 bits per heavy atom. The molecular weight excluding hydrogens is 649 g/mol. The molecule has 0 saturated carbocycles. The third-order valence-electron chi connectivity index (χ3n) is 10.4. The van der Waals surface area contributed by atoms with Crippen LogP contribution in [0.2, 0.25) is 0 Å². The Kier molecular flexibility index (Phi) is 7.37. The van der Waals surface area contributed by atoms with Crippen LogP contribution in [0.3, 0.4) is 0 Å². The van der Waals surface area contributed by atoms with Gasteiger partial charge in [-0.2, -0.15) is 0 Å². The molecule has 0 spiro atoms. The molecule has 252 valence electrons. The molecule has 0 aliphatic rings. The number of pyridine rings is 1. The van der Waals surface area contributed by atoms with E-state index in [2.05, 4.69) is 171 Å². The quantitative estimate of drug-likeness (QED) is 0.182. The van der Waals surface area contributed by atoms with Crippen LogP contribution in [0, 0.1) is 0 Å². The molecule has 7 aromatic carbocycles. The number of aliphatic hydroxyl groups is 1. The van der Waals surface area contributed by atoms with Crippen LogP contribution >= 0.6 is 0 Å². The van der Waals surface area contributed by atoms with Crippen molar-refractivity contribution in [3.8, 4) is 22.5 Å². The topological polar surface area (TPSA) is 46.2 Å². The van der Waals surface area contributed by atoms with E-state index < -0.39 is 0 Å². The van der Waals surface area contributed by atoms with E-state index in [1.807, 2.05) is 36.7 Å². The highest BCUT2D eigenvalue weighted by Crippen LogP contribution is 2.44. The second-order valence-corrected chi connectivity index (χ2v) is 13.4. The maximum atomic E-state index is 9.90. The lowest BCUT2D eigenvalue weighted by Gasteiger charge is -2.27. The molecule has 0 bridgehead atoms. The average molecular weight is 683 g/mol. The molecule has 10 aromatic rings. The first-order chi connectivity index (χ1) is 26.3. The molecule has 0 aliphatic heterocycles. The number of aliphatic hydroxyl groups excluding tert-OH is 1. The fourth-order valence-corrected chi connectivity index (χ4v) is 7.94. The zero-order valence-electron chi connectivity index (χ0n) is 28.8. The number of aromatic nitrogens is 3. The van der Waals surface area contributed by atoms with Crippen LogP contribution in [0.5, 0.6) is 0 Å². The number of hydrogen-bond acceptors (Lipinski definition) is 3. The lowest BCUT2D eigenvalue weighted by atomic mass is 10.1. The van der Waals surface area contributed by atoms with Gasteiger partial charge < -0.3 is 19.1 Å². The highest BCUT2D eigenvalue weighted by Gasteiger charge is 2.21. The molecule has 0 fully saturated rings. The third kappa shape index (κ3) is 5.09. The van der Waals surface area contributed by atoms with Crippen molar-refractivity contribution in [2.24, 2.45) is 0 Å². The van der Waals surface area contributed by atoms with E-state index in [0.717, 1.165) is 56.2 Å². The van der Waals surface area contributed by atoms with Crippen molar-refractivity contribution in [1.29, 1.82) is 0 Å². The third-order valence-corrected chi connectivity index (χ3v) is 10.4. The molecule has 1 N–H and O–H groups in total. The van der Waals surface area contributed by atoms with E-state index in [4.69, 9.17) is 0 Å². The molecule has 53 heavy (non-hydrogen) atoms. The molecular formula is C48H34N4O. The van der Waals surface area contributed by atoms with Gasteiger partial charge in [0.1, 0.15) is 0 Å². The van der Waals surface area contributed by atoms with Crippen molar-refractivity contribution in [2.75, 3.05) is 4.90 Å². The van der Waals surface area contributed by atoms with Gasteiger partial charge in [0.05, 0.1) is 34.4 Å². The Morgan fingerprint density at radius 1 is 0.434 bits per heavy atom. The molecule has 0 unspecified atom stereocenters. The van der Waals surface area contributed by atoms with Gasteiger partial charge in [0, 0.05) is 56.7 Å². The van der Waals surface area contributed by atoms with E-state index in [1.165, 1.54) is 32.6 Å². The Balaban J connectivity index is 1.16. The summed E-state index contributed by atoms with van der Waals surface area (Å²) >= 11 is 0. The van der Waals surface area contributed by atoms with Crippen molar-refractivity contribution < 1.29 is 5.11 Å². The maximum Gasteiger partial charge on any atom is 0.0681 e. The summed E-state index contributed by atoms with van der Waals surface area (Å²) in [4.78, 5) is 6.53. The Bertz CT molecular complexity index is 2850. The second kappa shape index (κ2) is 12.7. The normalized spacial score (nSPS) is 11.6. The molecule has 0 saturated heterocycles. The summed E-state index contributed by atoms with van der Waals surface area (Å²) in [6.45, 7) is -0.00319. The fourth-order valence-electron chi connectivity index (χ4n) is 7.94. The van der Waals surface area contributed by atoms with Crippen LogP contribution in [0.25, 0.3) is 66.1 Å². The molecule has 3 aromatic heterocycles. The van der Waals surface area contributed by atoms with Crippen molar-refractivity contribution in [1.82, 2.24) is 14.1 Å². The van der Waals surface area contributed by atoms with Crippen LogP contribution in [-0.2, 0) is 6.61 Å². The van der Waals surface area contributed by atoms with Crippen molar-refractivity contribution in [3.63, 3.8) is 0 Å². The highest BCUT2D eigenvalue weighted by molar-refractivity contribution is 6.16. The van der Waals surface area contributed by atoms with Gasteiger partial charge in [-0.25, -0.2) is 0 Å². The number of anilines is 3. The van der Waals surface area contributed by atoms with Gasteiger partial charge in [-0.1, -0.05) is 84.9 Å². The Hall–Kier alpha value is -6.95. The SMILES string of the molecule is OCc1ccc(N(c2ccc(-n3c4ccccc4c4ccccc43)cc2)c2cccc3c2c2ccccc2n3-c2ccc(-c3ccncc3)cc2)cc1. The lowest BCUT2D eigenvalue weighted by Crippen LogP contribution is -2.11. The molecule has 0 aliphatic carbocycles. The van der Waals surface area contributed by atoms with E-state index in [1.54, 1.807) is 0 Å². The molecule has 0 radical (unpaired) electrons. The predicted molar refractivity (Wildman–Crippen MR) is 219 cm³/mol. The number of rotatable bonds is 7. The summed E-state index contributed by atoms with van der Waals surface area (Å²) in [6, 6.07) is 62.4. The molecule has 0 amide bonds. The van der Waals surface area contributed by atoms with E-state index in [-0.39, 0.29) is 6.61 Å². The van der Waals surface area contributed by atoms with E-state index in [9.17, 15) is 5.11 Å². The van der Waals surface area contributed by atoms with Crippen LogP contribution in [-0.4, -0.2) is 19.2 Å². The van der Waals surface area contributed by atoms with Crippen molar-refractivity contribution in [3.05, 3.63) is 194 Å². The van der Waals surface area contributed by atoms with Crippen LogP contribution in [0.4, 0.5) is 17.1 Å².